The molecule has 0 spiro atoms. The van der Waals surface area contributed by atoms with Gasteiger partial charge in [0.25, 0.3) is 0 Å². The number of carbonyl (C=O) groups is 1. The molecule has 0 amide bonds. The van der Waals surface area contributed by atoms with Gasteiger partial charge in [0.15, 0.2) is 0 Å². The summed E-state index contributed by atoms with van der Waals surface area (Å²) in [5, 5.41) is 12.8. The van der Waals surface area contributed by atoms with Crippen LogP contribution in [0.15, 0.2) is 17.3 Å². The highest BCUT2D eigenvalue weighted by Crippen LogP contribution is 2.24. The lowest BCUT2D eigenvalue weighted by atomic mass is 10.2. The Morgan fingerprint density at radius 2 is 2.33 bits per heavy atom. The Morgan fingerprint density at radius 3 is 3.00 bits per heavy atom. The first-order valence-corrected chi connectivity index (χ1v) is 9.36. The Labute approximate surface area is 128 Å². The van der Waals surface area contributed by atoms with Crippen LogP contribution in [0.25, 0.3) is 0 Å². The lowest BCUT2D eigenvalue weighted by molar-refractivity contribution is -0.137. The summed E-state index contributed by atoms with van der Waals surface area (Å²) in [6.45, 7) is 0.580. The molecule has 0 aromatic carbocycles. The summed E-state index contributed by atoms with van der Waals surface area (Å²) in [5.41, 5.74) is 0. The normalized spacial score (nSPS) is 19.5. The first kappa shape index (κ1) is 16.3. The summed E-state index contributed by atoms with van der Waals surface area (Å²) in [4.78, 5) is 10.6. The van der Waals surface area contributed by atoms with Crippen LogP contribution in [0, 0.1) is 0 Å². The quantitative estimate of drug-likeness (QED) is 0.769. The molecule has 2 rings (SSSR count). The van der Waals surface area contributed by atoms with E-state index in [2.05, 4.69) is 9.82 Å². The highest BCUT2D eigenvalue weighted by Gasteiger charge is 2.20. The smallest absolute Gasteiger partial charge is 0.305 e. The number of carboxylic acid groups (broad SMARTS) is 1. The number of thioether (sulfide) groups is 1. The minimum atomic E-state index is -3.57. The van der Waals surface area contributed by atoms with Crippen molar-refractivity contribution in [2.24, 2.45) is 0 Å². The van der Waals surface area contributed by atoms with Crippen molar-refractivity contribution < 1.29 is 18.3 Å². The number of rotatable bonds is 7. The molecule has 0 radical (unpaired) electrons. The van der Waals surface area contributed by atoms with Crippen LogP contribution in [0.2, 0.25) is 0 Å². The molecule has 7 nitrogen and oxygen atoms in total. The van der Waals surface area contributed by atoms with Crippen molar-refractivity contribution in [2.45, 2.75) is 42.4 Å². The van der Waals surface area contributed by atoms with Gasteiger partial charge in [-0.25, -0.2) is 13.1 Å². The number of aryl methyl sites for hydroxylation is 1. The number of sulfonamides is 1. The zero-order chi connectivity index (χ0) is 15.3. The maximum atomic E-state index is 12.1. The Morgan fingerprint density at radius 1 is 1.52 bits per heavy atom. The molecule has 1 saturated heterocycles. The molecule has 0 aliphatic carbocycles. The molecule has 0 saturated carbocycles. The molecule has 118 valence electrons. The van der Waals surface area contributed by atoms with E-state index in [9.17, 15) is 13.2 Å². The number of hydrogen-bond donors (Lipinski definition) is 2. The number of carboxylic acids is 1. The Kier molecular flexibility index (Phi) is 5.65. The predicted molar refractivity (Wildman–Crippen MR) is 79.8 cm³/mol. The SMILES string of the molecule is O=C(O)CCn1cc(S(=O)(=O)NCC2CCCCS2)cn1. The topological polar surface area (TPSA) is 101 Å². The number of aliphatic carboxylic acids is 1. The number of nitrogens with one attached hydrogen (secondary N) is 1. The van der Waals surface area contributed by atoms with E-state index < -0.39 is 16.0 Å². The van der Waals surface area contributed by atoms with E-state index >= 15 is 0 Å². The number of aromatic nitrogens is 2. The van der Waals surface area contributed by atoms with Crippen molar-refractivity contribution in [3.8, 4) is 0 Å². The Hall–Kier alpha value is -1.06. The summed E-state index contributed by atoms with van der Waals surface area (Å²) >= 11 is 1.80. The van der Waals surface area contributed by atoms with Gasteiger partial charge in [0.1, 0.15) is 4.90 Å². The Balaban J connectivity index is 1.90. The second-order valence-corrected chi connectivity index (χ2v) is 8.10. The molecule has 2 heterocycles. The fourth-order valence-electron chi connectivity index (χ4n) is 2.07. The van der Waals surface area contributed by atoms with E-state index in [1.807, 2.05) is 0 Å². The summed E-state index contributed by atoms with van der Waals surface area (Å²) in [7, 11) is -3.57. The maximum absolute atomic E-state index is 12.1. The van der Waals surface area contributed by atoms with Gasteiger partial charge in [-0.05, 0) is 18.6 Å². The van der Waals surface area contributed by atoms with Crippen LogP contribution in [0.4, 0.5) is 0 Å². The number of nitrogens with zero attached hydrogens (tertiary/aromatic N) is 2. The molecule has 1 aliphatic rings. The summed E-state index contributed by atoms with van der Waals surface area (Å²) in [5.74, 6) is 0.141. The molecule has 21 heavy (non-hydrogen) atoms. The molecule has 1 aliphatic heterocycles. The standard InChI is InChI=1S/C12H19N3O4S2/c16-12(17)4-5-15-9-11(8-13-15)21(18,19)14-7-10-3-1-2-6-20-10/h8-10,14H,1-7H2,(H,16,17). The van der Waals surface area contributed by atoms with Crippen LogP contribution in [-0.4, -0.2) is 46.8 Å². The van der Waals surface area contributed by atoms with Crippen LogP contribution in [0.1, 0.15) is 25.7 Å². The molecule has 9 heteroatoms. The fraction of sp³-hybridized carbons (Fsp3) is 0.667. The predicted octanol–water partition coefficient (Wildman–Crippen LogP) is 0.922. The first-order chi connectivity index (χ1) is 9.97. The van der Waals surface area contributed by atoms with Gasteiger partial charge in [-0.2, -0.15) is 16.9 Å². The van der Waals surface area contributed by atoms with E-state index in [0.29, 0.717) is 11.8 Å². The third kappa shape index (κ3) is 5.01. The summed E-state index contributed by atoms with van der Waals surface area (Å²) < 4.78 is 28.2. The van der Waals surface area contributed by atoms with Crippen LogP contribution >= 0.6 is 11.8 Å². The third-order valence-corrected chi connectivity index (χ3v) is 6.03. The zero-order valence-corrected chi connectivity index (χ0v) is 13.2. The number of hydrogen-bond acceptors (Lipinski definition) is 5. The molecule has 1 atom stereocenters. The van der Waals surface area contributed by atoms with E-state index in [0.717, 1.165) is 18.6 Å². The van der Waals surface area contributed by atoms with E-state index in [4.69, 9.17) is 5.11 Å². The molecule has 2 N–H and O–H groups in total. The fourth-order valence-corrected chi connectivity index (χ4v) is 4.45. The molecule has 1 aromatic heterocycles. The van der Waals surface area contributed by atoms with Crippen molar-refractivity contribution >= 4 is 27.8 Å². The van der Waals surface area contributed by atoms with Gasteiger partial charge in [0, 0.05) is 18.0 Å². The van der Waals surface area contributed by atoms with Gasteiger partial charge < -0.3 is 5.11 Å². The third-order valence-electron chi connectivity index (χ3n) is 3.25. The lowest BCUT2D eigenvalue weighted by Gasteiger charge is -2.21. The minimum absolute atomic E-state index is 0.0775. The average Bonchev–Trinajstić information content (AvgIpc) is 2.94. The molecular formula is C12H19N3O4S2. The van der Waals surface area contributed by atoms with E-state index in [1.165, 1.54) is 23.5 Å². The second-order valence-electron chi connectivity index (χ2n) is 4.92. The van der Waals surface area contributed by atoms with Crippen LogP contribution in [-0.2, 0) is 21.4 Å². The van der Waals surface area contributed by atoms with Gasteiger partial charge in [-0.3, -0.25) is 9.48 Å². The largest absolute Gasteiger partial charge is 0.481 e. The summed E-state index contributed by atoms with van der Waals surface area (Å²) in [6.07, 6.45) is 5.90. The van der Waals surface area contributed by atoms with Crippen LogP contribution in [0.5, 0.6) is 0 Å². The summed E-state index contributed by atoms with van der Waals surface area (Å²) in [6, 6.07) is 0. The Bertz CT molecular complexity index is 579. The van der Waals surface area contributed by atoms with Gasteiger partial charge in [0.05, 0.1) is 19.2 Å². The highest BCUT2D eigenvalue weighted by molar-refractivity contribution is 8.00. The molecule has 1 aromatic rings. The van der Waals surface area contributed by atoms with Gasteiger partial charge >= 0.3 is 5.97 Å². The average molecular weight is 333 g/mol. The first-order valence-electron chi connectivity index (χ1n) is 6.83. The van der Waals surface area contributed by atoms with E-state index in [1.54, 1.807) is 11.8 Å². The highest BCUT2D eigenvalue weighted by atomic mass is 32.2. The van der Waals surface area contributed by atoms with Crippen molar-refractivity contribution in [1.82, 2.24) is 14.5 Å². The second kappa shape index (κ2) is 7.28. The lowest BCUT2D eigenvalue weighted by Crippen LogP contribution is -2.31. The molecule has 0 bridgehead atoms. The van der Waals surface area contributed by atoms with Crippen molar-refractivity contribution in [3.63, 3.8) is 0 Å². The minimum Gasteiger partial charge on any atom is -0.481 e. The van der Waals surface area contributed by atoms with Gasteiger partial charge in [-0.15, -0.1) is 0 Å². The van der Waals surface area contributed by atoms with Crippen molar-refractivity contribution in [1.29, 1.82) is 0 Å². The molecule has 1 fully saturated rings. The molecular weight excluding hydrogens is 314 g/mol. The molecule has 1 unspecified atom stereocenters. The zero-order valence-electron chi connectivity index (χ0n) is 11.6. The van der Waals surface area contributed by atoms with Gasteiger partial charge in [0.2, 0.25) is 10.0 Å². The van der Waals surface area contributed by atoms with Crippen molar-refractivity contribution in [2.75, 3.05) is 12.3 Å². The maximum Gasteiger partial charge on any atom is 0.305 e. The van der Waals surface area contributed by atoms with E-state index in [-0.39, 0.29) is 17.9 Å². The van der Waals surface area contributed by atoms with Gasteiger partial charge in [-0.1, -0.05) is 6.42 Å². The van der Waals surface area contributed by atoms with Crippen LogP contribution < -0.4 is 4.72 Å². The van der Waals surface area contributed by atoms with Crippen LogP contribution in [0.3, 0.4) is 0 Å². The van der Waals surface area contributed by atoms with Crippen molar-refractivity contribution in [3.05, 3.63) is 12.4 Å². The monoisotopic (exact) mass is 333 g/mol.